The summed E-state index contributed by atoms with van der Waals surface area (Å²) in [6.45, 7) is 2.56. The molecule has 1 atom stereocenters. The summed E-state index contributed by atoms with van der Waals surface area (Å²) in [4.78, 5) is 18.9. The number of nitrogens with one attached hydrogen (secondary N) is 3. The van der Waals surface area contributed by atoms with E-state index in [0.29, 0.717) is 12.6 Å². The smallest absolute Gasteiger partial charge is 0.291 e. The Hall–Kier alpha value is -3.01. The number of amides is 1. The molecule has 2 aromatic carbocycles. The van der Waals surface area contributed by atoms with E-state index in [1.807, 2.05) is 30.3 Å². The number of hydrogen-bond donors (Lipinski definition) is 3. The van der Waals surface area contributed by atoms with Gasteiger partial charge < -0.3 is 25.3 Å². The number of para-hydroxylation sites is 1. The Labute approximate surface area is 205 Å². The van der Waals surface area contributed by atoms with Crippen LogP contribution in [0.4, 0.5) is 11.4 Å². The molecule has 1 fully saturated rings. The first kappa shape index (κ1) is 23.6. The fourth-order valence-corrected chi connectivity index (χ4v) is 3.68. The molecule has 4 rings (SSSR count). The molecule has 1 aliphatic heterocycles. The number of carbonyl (C=O) groups is 1. The number of nitrogens with zero attached hydrogens (tertiary/aromatic N) is 2. The van der Waals surface area contributed by atoms with Crippen LogP contribution in [0.5, 0.6) is 0 Å². The van der Waals surface area contributed by atoms with Crippen molar-refractivity contribution in [3.63, 3.8) is 0 Å². The number of benzene rings is 2. The van der Waals surface area contributed by atoms with Gasteiger partial charge in [-0.1, -0.05) is 30.3 Å². The van der Waals surface area contributed by atoms with Crippen LogP contribution in [-0.4, -0.2) is 38.0 Å². The molecule has 1 saturated heterocycles. The molecule has 8 heteroatoms. The van der Waals surface area contributed by atoms with Crippen molar-refractivity contribution >= 4 is 47.2 Å². The fraction of sp³-hybridized carbons (Fsp3) is 0.250. The molecule has 3 N–H and O–H groups in total. The summed E-state index contributed by atoms with van der Waals surface area (Å²) < 4.78 is 5.14. The molecule has 1 aliphatic rings. The lowest BCUT2D eigenvalue weighted by molar-refractivity contribution is 0.0996. The second-order valence-corrected chi connectivity index (χ2v) is 7.47. The van der Waals surface area contributed by atoms with E-state index in [4.69, 9.17) is 4.42 Å². The highest BCUT2D eigenvalue weighted by Crippen LogP contribution is 2.19. The summed E-state index contributed by atoms with van der Waals surface area (Å²) in [6, 6.07) is 21.9. The molecular formula is C24H28IN5O2. The average molecular weight is 545 g/mol. The van der Waals surface area contributed by atoms with E-state index < -0.39 is 0 Å². The van der Waals surface area contributed by atoms with Gasteiger partial charge in [0.2, 0.25) is 0 Å². The van der Waals surface area contributed by atoms with E-state index in [-0.39, 0.29) is 35.6 Å². The molecule has 2 heterocycles. The van der Waals surface area contributed by atoms with Crippen molar-refractivity contribution in [1.82, 2.24) is 10.6 Å². The maximum absolute atomic E-state index is 12.2. The van der Waals surface area contributed by atoms with Gasteiger partial charge in [-0.2, -0.15) is 0 Å². The summed E-state index contributed by atoms with van der Waals surface area (Å²) >= 11 is 0. The van der Waals surface area contributed by atoms with Crippen LogP contribution in [0.2, 0.25) is 0 Å². The molecule has 1 amide bonds. The Kier molecular flexibility index (Phi) is 8.55. The lowest BCUT2D eigenvalue weighted by Gasteiger charge is -2.20. The summed E-state index contributed by atoms with van der Waals surface area (Å²) in [5.41, 5.74) is 3.01. The maximum Gasteiger partial charge on any atom is 0.291 e. The van der Waals surface area contributed by atoms with E-state index in [1.165, 1.54) is 12.0 Å². The number of carbonyl (C=O) groups excluding carboxylic acids is 1. The highest BCUT2D eigenvalue weighted by Gasteiger charge is 2.23. The molecule has 7 nitrogen and oxygen atoms in total. The lowest BCUT2D eigenvalue weighted by atomic mass is 10.2. The quantitative estimate of drug-likeness (QED) is 0.247. The minimum absolute atomic E-state index is 0. The van der Waals surface area contributed by atoms with Crippen molar-refractivity contribution in [2.75, 3.05) is 30.4 Å². The average Bonchev–Trinajstić information content (AvgIpc) is 3.50. The van der Waals surface area contributed by atoms with Crippen molar-refractivity contribution < 1.29 is 9.21 Å². The molecule has 3 aromatic rings. The van der Waals surface area contributed by atoms with Gasteiger partial charge >= 0.3 is 0 Å². The minimum Gasteiger partial charge on any atom is -0.459 e. The fourth-order valence-electron chi connectivity index (χ4n) is 3.68. The molecule has 0 radical (unpaired) electrons. The molecule has 0 saturated carbocycles. The number of halogens is 1. The van der Waals surface area contributed by atoms with Gasteiger partial charge in [0.05, 0.1) is 6.26 Å². The molecule has 0 spiro atoms. The molecular weight excluding hydrogens is 517 g/mol. The standard InChI is InChI=1S/C24H27N5O2.HI/c1-25-24(28-20-12-13-29(17-20)21-9-3-2-4-10-21)26-16-18-7-5-8-19(15-18)27-23(30)22-11-6-14-31-22;/h2-11,14-15,20H,12-13,16-17H2,1H3,(H,27,30)(H2,25,26,28);1H. The highest BCUT2D eigenvalue weighted by atomic mass is 127. The Balaban J connectivity index is 0.00000289. The molecule has 1 unspecified atom stereocenters. The van der Waals surface area contributed by atoms with Crippen LogP contribution in [0.25, 0.3) is 0 Å². The second kappa shape index (κ2) is 11.6. The number of furan rings is 1. The Bertz CT molecular complexity index is 1020. The SMILES string of the molecule is CN=C(NCc1cccc(NC(=O)c2ccco2)c1)NC1CCN(c2ccccc2)C1.I. The first-order valence-corrected chi connectivity index (χ1v) is 10.4. The minimum atomic E-state index is -0.267. The largest absolute Gasteiger partial charge is 0.459 e. The zero-order chi connectivity index (χ0) is 21.5. The van der Waals surface area contributed by atoms with Gasteiger partial charge in [0.15, 0.2) is 11.7 Å². The van der Waals surface area contributed by atoms with E-state index in [2.05, 4.69) is 50.1 Å². The monoisotopic (exact) mass is 545 g/mol. The predicted octanol–water partition coefficient (Wildman–Crippen LogP) is 4.09. The second-order valence-electron chi connectivity index (χ2n) is 7.47. The van der Waals surface area contributed by atoms with Crippen molar-refractivity contribution in [3.05, 3.63) is 84.3 Å². The van der Waals surface area contributed by atoms with Gasteiger partial charge in [0.1, 0.15) is 0 Å². The van der Waals surface area contributed by atoms with Gasteiger partial charge in [-0.15, -0.1) is 24.0 Å². The van der Waals surface area contributed by atoms with Crippen LogP contribution in [0, 0.1) is 0 Å². The van der Waals surface area contributed by atoms with E-state index in [9.17, 15) is 4.79 Å². The third kappa shape index (κ3) is 6.25. The molecule has 1 aromatic heterocycles. The van der Waals surface area contributed by atoms with Crippen LogP contribution >= 0.6 is 24.0 Å². The van der Waals surface area contributed by atoms with Crippen molar-refractivity contribution in [1.29, 1.82) is 0 Å². The van der Waals surface area contributed by atoms with Crippen LogP contribution in [-0.2, 0) is 6.54 Å². The third-order valence-corrected chi connectivity index (χ3v) is 5.26. The van der Waals surface area contributed by atoms with Crippen LogP contribution < -0.4 is 20.9 Å². The number of guanidine groups is 1. The van der Waals surface area contributed by atoms with Crippen LogP contribution in [0.15, 0.2) is 82.4 Å². The van der Waals surface area contributed by atoms with Crippen molar-refractivity contribution in [2.45, 2.75) is 19.0 Å². The number of anilines is 2. The lowest BCUT2D eigenvalue weighted by Crippen LogP contribution is -2.44. The summed E-state index contributed by atoms with van der Waals surface area (Å²) in [5, 5.41) is 9.73. The van der Waals surface area contributed by atoms with Crippen LogP contribution in [0.1, 0.15) is 22.5 Å². The zero-order valence-electron chi connectivity index (χ0n) is 18.0. The highest BCUT2D eigenvalue weighted by molar-refractivity contribution is 14.0. The number of rotatable bonds is 6. The van der Waals surface area contributed by atoms with E-state index >= 15 is 0 Å². The summed E-state index contributed by atoms with van der Waals surface area (Å²) in [6.07, 6.45) is 2.54. The normalized spacial score (nSPS) is 15.7. The van der Waals surface area contributed by atoms with Crippen LogP contribution in [0.3, 0.4) is 0 Å². The number of aliphatic imine (C=N–C) groups is 1. The van der Waals surface area contributed by atoms with E-state index in [0.717, 1.165) is 36.7 Å². The van der Waals surface area contributed by atoms with E-state index in [1.54, 1.807) is 19.2 Å². The molecule has 168 valence electrons. The summed E-state index contributed by atoms with van der Waals surface area (Å²) in [5.74, 6) is 0.788. The Morgan fingerprint density at radius 3 is 2.72 bits per heavy atom. The number of hydrogen-bond acceptors (Lipinski definition) is 4. The Morgan fingerprint density at radius 1 is 1.12 bits per heavy atom. The Morgan fingerprint density at radius 2 is 1.97 bits per heavy atom. The molecule has 0 aliphatic carbocycles. The topological polar surface area (TPSA) is 81.9 Å². The van der Waals surface area contributed by atoms with Gasteiger partial charge in [-0.05, 0) is 48.4 Å². The van der Waals surface area contributed by atoms with Crippen molar-refractivity contribution in [2.24, 2.45) is 4.99 Å². The maximum atomic E-state index is 12.2. The van der Waals surface area contributed by atoms with Gasteiger partial charge in [0.25, 0.3) is 5.91 Å². The molecule has 0 bridgehead atoms. The van der Waals surface area contributed by atoms with Gasteiger partial charge in [0, 0.05) is 44.1 Å². The zero-order valence-corrected chi connectivity index (χ0v) is 20.3. The van der Waals surface area contributed by atoms with Gasteiger partial charge in [-0.3, -0.25) is 9.79 Å². The van der Waals surface area contributed by atoms with Gasteiger partial charge in [-0.25, -0.2) is 0 Å². The third-order valence-electron chi connectivity index (χ3n) is 5.26. The molecule has 32 heavy (non-hydrogen) atoms. The first-order chi connectivity index (χ1) is 15.2. The first-order valence-electron chi connectivity index (χ1n) is 10.4. The van der Waals surface area contributed by atoms with Crippen molar-refractivity contribution in [3.8, 4) is 0 Å². The summed E-state index contributed by atoms with van der Waals surface area (Å²) in [7, 11) is 1.78. The predicted molar refractivity (Wildman–Crippen MR) is 139 cm³/mol.